The number of benzene rings is 1. The molecule has 0 bridgehead atoms. The van der Waals surface area contributed by atoms with Crippen LogP contribution in [0.25, 0.3) is 0 Å². The van der Waals surface area contributed by atoms with Crippen molar-refractivity contribution >= 4 is 23.1 Å². The molecule has 1 aromatic rings. The van der Waals surface area contributed by atoms with E-state index in [2.05, 4.69) is 32.9 Å². The molecule has 5 heteroatoms. The smallest absolute Gasteiger partial charge is 1.00 e. The molecule has 0 heterocycles. The molecule has 0 spiro atoms. The topological polar surface area (TPSA) is 27.7 Å². The van der Waals surface area contributed by atoms with Gasteiger partial charge in [-0.3, -0.25) is 0 Å². The average molecular weight is 339 g/mol. The Morgan fingerprint density at radius 3 is 2.32 bits per heavy atom. The number of ether oxygens (including phenoxy) is 3. The van der Waals surface area contributed by atoms with Crippen LogP contribution < -0.4 is 21.9 Å². The molecular weight excluding hydrogens is 312 g/mol. The first-order valence-electron chi connectivity index (χ1n) is 7.20. The maximum atomic E-state index is 5.79. The van der Waals surface area contributed by atoms with Crippen LogP contribution in [0.4, 0.5) is 0 Å². The summed E-state index contributed by atoms with van der Waals surface area (Å²) >= 11 is 0. The fraction of sp³-hybridized carbons (Fsp3) is 0.588. The van der Waals surface area contributed by atoms with Gasteiger partial charge in [0, 0.05) is 20.1 Å². The Morgan fingerprint density at radius 1 is 1.09 bits per heavy atom. The summed E-state index contributed by atoms with van der Waals surface area (Å²) in [6, 6.07) is 6.11. The van der Waals surface area contributed by atoms with Crippen LogP contribution in [-0.2, 0) is 11.2 Å². The Hall–Kier alpha value is -0.164. The van der Waals surface area contributed by atoms with Crippen molar-refractivity contribution < 1.29 is 26.6 Å². The first kappa shape index (κ1) is 24.1. The van der Waals surface area contributed by atoms with Crippen LogP contribution in [0.5, 0.6) is 11.5 Å². The number of hydrogen-bond donors (Lipinski definition) is 0. The Kier molecular flexibility index (Phi) is 14.6. The molecule has 0 N–H and O–H groups in total. The molecular formula is C17H27ClMgO3. The quantitative estimate of drug-likeness (QED) is 0.370. The summed E-state index contributed by atoms with van der Waals surface area (Å²) < 4.78 is 16.1. The zero-order chi connectivity index (χ0) is 15.0. The monoisotopic (exact) mass is 338 g/mol. The Labute approximate surface area is 157 Å². The van der Waals surface area contributed by atoms with Crippen molar-refractivity contribution in [3.05, 3.63) is 30.7 Å². The molecule has 1 atom stereocenters. The molecule has 0 saturated heterocycles. The summed E-state index contributed by atoms with van der Waals surface area (Å²) in [5, 5.41) is 0. The number of halogens is 1. The van der Waals surface area contributed by atoms with E-state index in [9.17, 15) is 0 Å². The molecule has 0 aliphatic heterocycles. The first-order chi connectivity index (χ1) is 9.58. The minimum absolute atomic E-state index is 0. The molecule has 0 aliphatic carbocycles. The molecule has 3 nitrogen and oxygen atoms in total. The van der Waals surface area contributed by atoms with Crippen LogP contribution in [0.2, 0.25) is 0 Å². The third-order valence-corrected chi connectivity index (χ3v) is 3.42. The maximum Gasteiger partial charge on any atom is 2.00 e. The van der Waals surface area contributed by atoms with Crippen molar-refractivity contribution in [2.24, 2.45) is 11.8 Å². The number of rotatable bonds is 9. The zero-order valence-electron chi connectivity index (χ0n) is 14.2. The van der Waals surface area contributed by atoms with Crippen LogP contribution >= 0.6 is 0 Å². The minimum Gasteiger partial charge on any atom is -1.00 e. The number of hydrogen-bond acceptors (Lipinski definition) is 3. The van der Waals surface area contributed by atoms with Crippen molar-refractivity contribution in [3.8, 4) is 11.5 Å². The first-order valence-corrected chi connectivity index (χ1v) is 7.20. The second-order valence-corrected chi connectivity index (χ2v) is 5.39. The van der Waals surface area contributed by atoms with E-state index < -0.39 is 0 Å². The molecule has 0 aliphatic rings. The van der Waals surface area contributed by atoms with E-state index in [4.69, 9.17) is 14.2 Å². The van der Waals surface area contributed by atoms with Gasteiger partial charge in [0.2, 0.25) is 0 Å². The van der Waals surface area contributed by atoms with Gasteiger partial charge >= 0.3 is 23.1 Å². The molecule has 0 saturated carbocycles. The fourth-order valence-corrected chi connectivity index (χ4v) is 1.88. The van der Waals surface area contributed by atoms with Crippen LogP contribution in [0.1, 0.15) is 25.8 Å². The third kappa shape index (κ3) is 8.46. The van der Waals surface area contributed by atoms with Gasteiger partial charge < -0.3 is 33.5 Å². The summed E-state index contributed by atoms with van der Waals surface area (Å²) in [6.07, 6.45) is 1.82. The Balaban J connectivity index is 0. The van der Waals surface area contributed by atoms with E-state index in [1.54, 1.807) is 14.2 Å². The van der Waals surface area contributed by atoms with Crippen LogP contribution in [-0.4, -0.2) is 50.5 Å². The summed E-state index contributed by atoms with van der Waals surface area (Å²) in [7, 11) is 3.36. The van der Waals surface area contributed by atoms with E-state index in [-0.39, 0.29) is 35.5 Å². The van der Waals surface area contributed by atoms with E-state index in [1.165, 1.54) is 5.56 Å². The molecule has 1 rings (SSSR count). The summed E-state index contributed by atoms with van der Waals surface area (Å²) in [5.41, 5.74) is 1.24. The van der Waals surface area contributed by atoms with Crippen molar-refractivity contribution in [3.63, 3.8) is 0 Å². The van der Waals surface area contributed by atoms with E-state index in [1.807, 2.05) is 6.07 Å². The summed E-state index contributed by atoms with van der Waals surface area (Å²) in [6.45, 7) is 9.93. The second kappa shape index (κ2) is 13.3. The van der Waals surface area contributed by atoms with Crippen molar-refractivity contribution in [1.29, 1.82) is 0 Å². The molecule has 22 heavy (non-hydrogen) atoms. The standard InChI is InChI=1S/C17H27O3.ClH.Mg/c1-13(2)14(3)11-15-7-8-16(19-5)17(12-15)20-10-6-9-18-4;;/h7-8,12-14H,3,6,9-11H2,1-2,4-5H3;1H;/q-1;;+2/p-1/t14-;;/m1../s1. The van der Waals surface area contributed by atoms with Gasteiger partial charge in [-0.25, -0.2) is 0 Å². The molecule has 0 amide bonds. The zero-order valence-corrected chi connectivity index (χ0v) is 16.4. The Bertz CT molecular complexity index is 399. The van der Waals surface area contributed by atoms with Crippen molar-refractivity contribution in [1.82, 2.24) is 0 Å². The third-order valence-electron chi connectivity index (χ3n) is 3.42. The van der Waals surface area contributed by atoms with Gasteiger partial charge in [-0.2, -0.15) is 5.92 Å². The van der Waals surface area contributed by atoms with Gasteiger partial charge in [-0.15, -0.1) is 0 Å². The van der Waals surface area contributed by atoms with Gasteiger partial charge in [0.1, 0.15) is 0 Å². The molecule has 1 aromatic carbocycles. The molecule has 0 aromatic heterocycles. The van der Waals surface area contributed by atoms with Crippen LogP contribution in [0.15, 0.2) is 18.2 Å². The largest absolute Gasteiger partial charge is 2.00 e. The van der Waals surface area contributed by atoms with Crippen LogP contribution in [0.3, 0.4) is 0 Å². The minimum atomic E-state index is 0. The number of methoxy groups -OCH3 is 2. The van der Waals surface area contributed by atoms with Crippen molar-refractivity contribution in [2.75, 3.05) is 27.4 Å². The SMILES string of the molecule is [CH2-][C@H](Cc1ccc(OC)c(OCCCOC)c1)C(C)C.[Cl-].[Mg+2]. The Morgan fingerprint density at radius 2 is 1.77 bits per heavy atom. The normalized spacial score (nSPS) is 11.4. The van der Waals surface area contributed by atoms with E-state index >= 15 is 0 Å². The van der Waals surface area contributed by atoms with Gasteiger partial charge in [-0.05, 0) is 17.7 Å². The van der Waals surface area contributed by atoms with Crippen molar-refractivity contribution in [2.45, 2.75) is 26.7 Å². The summed E-state index contributed by atoms with van der Waals surface area (Å²) in [4.78, 5) is 0. The van der Waals surface area contributed by atoms with E-state index in [0.29, 0.717) is 25.0 Å². The molecule has 0 unspecified atom stereocenters. The predicted octanol–water partition coefficient (Wildman–Crippen LogP) is 0.382. The van der Waals surface area contributed by atoms with Gasteiger partial charge in [-0.1, -0.05) is 32.3 Å². The second-order valence-electron chi connectivity index (χ2n) is 5.39. The molecule has 0 fully saturated rings. The fourth-order valence-electron chi connectivity index (χ4n) is 1.88. The predicted molar refractivity (Wildman–Crippen MR) is 88.1 cm³/mol. The van der Waals surface area contributed by atoms with Crippen LogP contribution in [0, 0.1) is 18.8 Å². The van der Waals surface area contributed by atoms with Gasteiger partial charge in [0.25, 0.3) is 0 Å². The van der Waals surface area contributed by atoms with E-state index in [0.717, 1.165) is 24.3 Å². The van der Waals surface area contributed by atoms with Gasteiger partial charge in [0.05, 0.1) is 13.7 Å². The average Bonchev–Trinajstić information content (AvgIpc) is 2.43. The van der Waals surface area contributed by atoms with Gasteiger partial charge in [0.15, 0.2) is 11.5 Å². The molecule has 122 valence electrons. The summed E-state index contributed by atoms with van der Waals surface area (Å²) in [5.74, 6) is 2.56. The molecule has 0 radical (unpaired) electrons. The maximum absolute atomic E-state index is 5.79.